The van der Waals surface area contributed by atoms with Gasteiger partial charge in [0.15, 0.2) is 0 Å². The number of carboxylic acid groups (broad SMARTS) is 1. The van der Waals surface area contributed by atoms with E-state index in [9.17, 15) is 22.7 Å². The van der Waals surface area contributed by atoms with Crippen molar-refractivity contribution >= 4 is 32.6 Å². The molecule has 0 fully saturated rings. The van der Waals surface area contributed by atoms with E-state index in [1.165, 1.54) is 24.3 Å². The zero-order valence-electron chi connectivity index (χ0n) is 19.1. The van der Waals surface area contributed by atoms with Crippen molar-refractivity contribution in [1.29, 1.82) is 0 Å². The minimum Gasteiger partial charge on any atom is -0.480 e. The molecule has 11 heteroatoms. The molecule has 4 aromatic rings. The molecule has 0 radical (unpaired) electrons. The number of halogens is 1. The fraction of sp³-hybridized carbons (Fsp3) is 0.208. The Morgan fingerprint density at radius 1 is 1.14 bits per heavy atom. The number of aromatic nitrogens is 2. The van der Waals surface area contributed by atoms with E-state index >= 15 is 0 Å². The molecule has 9 nitrogen and oxygen atoms in total. The number of hydrazone groups is 1. The normalized spacial score (nSPS) is 14.7. The van der Waals surface area contributed by atoms with E-state index in [-0.39, 0.29) is 18.0 Å². The topological polar surface area (TPSA) is 118 Å². The van der Waals surface area contributed by atoms with Crippen molar-refractivity contribution in [3.05, 3.63) is 82.1 Å². The van der Waals surface area contributed by atoms with Crippen molar-refractivity contribution in [3.63, 3.8) is 0 Å². The third kappa shape index (κ3) is 3.59. The molecule has 180 valence electrons. The van der Waals surface area contributed by atoms with Crippen molar-refractivity contribution in [3.8, 4) is 0 Å². The molecule has 1 N–H and O–H groups in total. The number of rotatable bonds is 5. The van der Waals surface area contributed by atoms with Gasteiger partial charge in [0.05, 0.1) is 17.1 Å². The fourth-order valence-electron chi connectivity index (χ4n) is 4.48. The summed E-state index contributed by atoms with van der Waals surface area (Å²) < 4.78 is 49.1. The molecule has 0 spiro atoms. The van der Waals surface area contributed by atoms with Crippen LogP contribution in [-0.2, 0) is 27.9 Å². The number of benzene rings is 2. The number of carboxylic acids is 1. The molecule has 0 bridgehead atoms. The maximum Gasteiger partial charge on any atom is 0.323 e. The van der Waals surface area contributed by atoms with E-state index in [1.807, 2.05) is 0 Å². The predicted octanol–water partition coefficient (Wildman–Crippen LogP) is 3.74. The molecule has 2 aromatic carbocycles. The van der Waals surface area contributed by atoms with Gasteiger partial charge >= 0.3 is 5.97 Å². The lowest BCUT2D eigenvalue weighted by Crippen LogP contribution is -2.33. The fourth-order valence-corrected chi connectivity index (χ4v) is 5.89. The lowest BCUT2D eigenvalue weighted by Gasteiger charge is -2.27. The summed E-state index contributed by atoms with van der Waals surface area (Å²) in [6.45, 7) is 4.67. The zero-order chi connectivity index (χ0) is 25.1. The van der Waals surface area contributed by atoms with Crippen molar-refractivity contribution < 1.29 is 27.2 Å². The molecule has 35 heavy (non-hydrogen) atoms. The number of sulfonamides is 1. The van der Waals surface area contributed by atoms with Crippen LogP contribution in [0.3, 0.4) is 0 Å². The first-order valence-electron chi connectivity index (χ1n) is 10.7. The highest BCUT2D eigenvalue weighted by Crippen LogP contribution is 2.35. The van der Waals surface area contributed by atoms with Crippen LogP contribution in [0.1, 0.15) is 33.8 Å². The largest absolute Gasteiger partial charge is 0.480 e. The number of hydrogen-bond donors (Lipinski definition) is 1. The molecule has 0 saturated heterocycles. The first-order chi connectivity index (χ1) is 16.6. The van der Waals surface area contributed by atoms with Crippen LogP contribution in [0.25, 0.3) is 10.9 Å². The molecule has 0 unspecified atom stereocenters. The van der Waals surface area contributed by atoms with E-state index in [4.69, 9.17) is 4.52 Å². The summed E-state index contributed by atoms with van der Waals surface area (Å²) in [5.41, 5.74) is 3.29. The van der Waals surface area contributed by atoms with Gasteiger partial charge in [0.1, 0.15) is 23.8 Å². The Labute approximate surface area is 200 Å². The Morgan fingerprint density at radius 3 is 2.57 bits per heavy atom. The molecule has 0 atom stereocenters. The standard InChI is InChI=1S/C24H21FN4O5S/c1-13-19(15(3)34-27-13)11-29-26-24(17-6-4-5-7-21(17)35(29,32)33)23-14(2)28(12-22(30)31)20-9-8-16(25)10-18(20)23/h4-10H,11-12H2,1-3H3,(H,30,31). The van der Waals surface area contributed by atoms with E-state index < -0.39 is 21.8 Å². The SMILES string of the molecule is Cc1noc(C)c1CN1N=C(c2c(C)n(CC(=O)O)c3ccc(F)cc23)c2ccccc2S1(=O)=O. The highest BCUT2D eigenvalue weighted by Gasteiger charge is 2.36. The second-order valence-electron chi connectivity index (χ2n) is 8.33. The van der Waals surface area contributed by atoms with Crippen molar-refractivity contribution in [2.24, 2.45) is 5.10 Å². The summed E-state index contributed by atoms with van der Waals surface area (Å²) in [7, 11) is -4.02. The van der Waals surface area contributed by atoms with Crippen molar-refractivity contribution in [2.45, 2.75) is 38.8 Å². The van der Waals surface area contributed by atoms with Gasteiger partial charge in [-0.05, 0) is 45.0 Å². The molecule has 2 aromatic heterocycles. The second-order valence-corrected chi connectivity index (χ2v) is 10.1. The van der Waals surface area contributed by atoms with Crippen LogP contribution in [0.5, 0.6) is 0 Å². The van der Waals surface area contributed by atoms with Crippen LogP contribution >= 0.6 is 0 Å². The van der Waals surface area contributed by atoms with Crippen LogP contribution in [0.2, 0.25) is 0 Å². The summed E-state index contributed by atoms with van der Waals surface area (Å²) >= 11 is 0. The molecular weight excluding hydrogens is 475 g/mol. The Kier molecular flexibility index (Phi) is 5.24. The summed E-state index contributed by atoms with van der Waals surface area (Å²) in [5, 5.41) is 18.3. The monoisotopic (exact) mass is 496 g/mol. The van der Waals surface area contributed by atoms with Crippen molar-refractivity contribution in [1.82, 2.24) is 14.1 Å². The second kappa shape index (κ2) is 8.05. The third-order valence-corrected chi connectivity index (χ3v) is 7.88. The molecular formula is C24H21FN4O5S. The van der Waals surface area contributed by atoms with E-state index in [1.54, 1.807) is 43.5 Å². The number of nitrogens with zero attached hydrogens (tertiary/aromatic N) is 4. The highest BCUT2D eigenvalue weighted by molar-refractivity contribution is 7.89. The molecule has 0 amide bonds. The van der Waals surface area contributed by atoms with Gasteiger partial charge in [0, 0.05) is 33.3 Å². The van der Waals surface area contributed by atoms with Gasteiger partial charge in [-0.1, -0.05) is 23.4 Å². The van der Waals surface area contributed by atoms with Gasteiger partial charge in [0.25, 0.3) is 10.0 Å². The molecule has 1 aliphatic rings. The average Bonchev–Trinajstić information content (AvgIpc) is 3.26. The predicted molar refractivity (Wildman–Crippen MR) is 125 cm³/mol. The molecule has 0 saturated carbocycles. The van der Waals surface area contributed by atoms with Gasteiger partial charge in [-0.2, -0.15) is 17.9 Å². The number of fused-ring (bicyclic) bond motifs is 2. The van der Waals surface area contributed by atoms with Crippen LogP contribution in [0.15, 0.2) is 57.0 Å². The maximum absolute atomic E-state index is 14.3. The maximum atomic E-state index is 14.3. The summed E-state index contributed by atoms with van der Waals surface area (Å²) in [6, 6.07) is 10.5. The summed E-state index contributed by atoms with van der Waals surface area (Å²) in [6.07, 6.45) is 0. The quantitative estimate of drug-likeness (QED) is 0.450. The zero-order valence-corrected chi connectivity index (χ0v) is 19.9. The number of aliphatic carboxylic acids is 1. The lowest BCUT2D eigenvalue weighted by molar-refractivity contribution is -0.137. The molecule has 3 heterocycles. The Hall–Kier alpha value is -3.99. The highest BCUT2D eigenvalue weighted by atomic mass is 32.2. The summed E-state index contributed by atoms with van der Waals surface area (Å²) in [5.74, 6) is -1.09. The minimum absolute atomic E-state index is 0.0479. The van der Waals surface area contributed by atoms with Crippen molar-refractivity contribution in [2.75, 3.05) is 0 Å². The number of hydrogen-bond acceptors (Lipinski definition) is 6. The van der Waals surface area contributed by atoms with Gasteiger partial charge in [-0.3, -0.25) is 4.79 Å². The molecule has 5 rings (SSSR count). The van der Waals surface area contributed by atoms with Crippen LogP contribution < -0.4 is 0 Å². The van der Waals surface area contributed by atoms with E-state index in [2.05, 4.69) is 10.3 Å². The van der Waals surface area contributed by atoms with Crippen LogP contribution in [-0.4, -0.2) is 39.3 Å². The number of carbonyl (C=O) groups is 1. The third-order valence-electron chi connectivity index (χ3n) is 6.20. The molecule has 0 aliphatic carbocycles. The van der Waals surface area contributed by atoms with E-state index in [0.29, 0.717) is 50.5 Å². The first kappa shape index (κ1) is 22.8. The lowest BCUT2D eigenvalue weighted by atomic mass is 9.99. The Balaban J connectivity index is 1.80. The number of aryl methyl sites for hydroxylation is 2. The van der Waals surface area contributed by atoms with E-state index in [0.717, 1.165) is 4.41 Å². The smallest absolute Gasteiger partial charge is 0.323 e. The minimum atomic E-state index is -4.02. The molecule has 1 aliphatic heterocycles. The average molecular weight is 497 g/mol. The van der Waals surface area contributed by atoms with Gasteiger partial charge in [-0.15, -0.1) is 0 Å². The first-order valence-corrected chi connectivity index (χ1v) is 12.2. The van der Waals surface area contributed by atoms with Crippen LogP contribution in [0.4, 0.5) is 4.39 Å². The van der Waals surface area contributed by atoms with Crippen LogP contribution in [0, 0.1) is 26.6 Å². The Bertz CT molecular complexity index is 1630. The van der Waals surface area contributed by atoms with Gasteiger partial charge in [0.2, 0.25) is 0 Å². The summed E-state index contributed by atoms with van der Waals surface area (Å²) in [4.78, 5) is 11.6. The Morgan fingerprint density at radius 2 is 1.89 bits per heavy atom. The van der Waals surface area contributed by atoms with Gasteiger partial charge in [-0.25, -0.2) is 4.39 Å². The van der Waals surface area contributed by atoms with Gasteiger partial charge < -0.3 is 14.2 Å².